The van der Waals surface area contributed by atoms with E-state index in [0.717, 1.165) is 0 Å². The third-order valence-electron chi connectivity index (χ3n) is 5.11. The zero-order valence-corrected chi connectivity index (χ0v) is 17.8. The van der Waals surface area contributed by atoms with Crippen molar-refractivity contribution in [2.75, 3.05) is 17.2 Å². The lowest BCUT2D eigenvalue weighted by molar-refractivity contribution is -0.00177. The quantitative estimate of drug-likeness (QED) is 0.487. The van der Waals surface area contributed by atoms with Gasteiger partial charge in [0, 0.05) is 18.3 Å². The Kier molecular flexibility index (Phi) is 7.15. The van der Waals surface area contributed by atoms with Crippen molar-refractivity contribution in [1.82, 2.24) is 20.3 Å². The van der Waals surface area contributed by atoms with Gasteiger partial charge in [0.15, 0.2) is 0 Å². The van der Waals surface area contributed by atoms with Crippen molar-refractivity contribution >= 4 is 23.4 Å². The summed E-state index contributed by atoms with van der Waals surface area (Å²) in [5, 5.41) is 27.1. The van der Waals surface area contributed by atoms with Crippen LogP contribution in [0.5, 0.6) is 0 Å². The molecule has 170 valence electrons. The first-order valence-corrected chi connectivity index (χ1v) is 10.2. The lowest BCUT2D eigenvalue weighted by Crippen LogP contribution is -2.42. The summed E-state index contributed by atoms with van der Waals surface area (Å²) in [5.74, 6) is -0.0546. The highest BCUT2D eigenvalue weighted by Crippen LogP contribution is 2.28. The normalized spacial score (nSPS) is 19.1. The highest BCUT2D eigenvalue weighted by Gasteiger charge is 2.28. The van der Waals surface area contributed by atoms with Crippen molar-refractivity contribution in [1.29, 1.82) is 5.26 Å². The van der Waals surface area contributed by atoms with Gasteiger partial charge in [-0.05, 0) is 33.1 Å². The number of halogens is 2. The number of nitriles is 1. The van der Waals surface area contributed by atoms with E-state index in [1.807, 2.05) is 6.07 Å². The second kappa shape index (κ2) is 9.82. The molecule has 2 aromatic heterocycles. The number of rotatable bonds is 8. The van der Waals surface area contributed by atoms with Crippen LogP contribution in [0, 0.1) is 11.3 Å². The molecule has 1 aliphatic carbocycles. The lowest BCUT2D eigenvalue weighted by Gasteiger charge is -2.23. The van der Waals surface area contributed by atoms with E-state index < -0.39 is 23.9 Å². The van der Waals surface area contributed by atoms with Crippen LogP contribution < -0.4 is 16.0 Å². The zero-order valence-electron chi connectivity index (χ0n) is 17.8. The number of hydrogen-bond donors (Lipinski definition) is 4. The van der Waals surface area contributed by atoms with Crippen LogP contribution in [0.15, 0.2) is 24.7 Å². The summed E-state index contributed by atoms with van der Waals surface area (Å²) in [6.07, 6.45) is 2.81. The van der Waals surface area contributed by atoms with Gasteiger partial charge in [-0.1, -0.05) is 0 Å². The maximum atomic E-state index is 14.0. The van der Waals surface area contributed by atoms with E-state index in [1.54, 1.807) is 6.07 Å². The first-order chi connectivity index (χ1) is 15.2. The lowest BCUT2D eigenvalue weighted by atomic mass is 10.0. The Labute approximate surface area is 184 Å². The van der Waals surface area contributed by atoms with Crippen LogP contribution in [0.3, 0.4) is 0 Å². The predicted molar refractivity (Wildman–Crippen MR) is 114 cm³/mol. The van der Waals surface area contributed by atoms with E-state index in [-0.39, 0.29) is 24.1 Å². The molecule has 0 radical (unpaired) electrons. The molecule has 4 N–H and O–H groups in total. The first-order valence-electron chi connectivity index (χ1n) is 10.2. The molecule has 0 spiro atoms. The molecule has 1 aliphatic rings. The van der Waals surface area contributed by atoms with Gasteiger partial charge in [0.25, 0.3) is 5.91 Å². The maximum absolute atomic E-state index is 14.0. The standard InChI is InChI=1S/C21H25F2N7O2/c1-21(2,32)17(23)11-26-19(31)15-10-25-18(30-20-27-8-12(7-24)9-28-20)6-16(15)29-14-4-3-13(22)5-14/h6,8-10,13-14,17,32H,3-5,11H2,1-2H3,(H,26,31)(H2,25,27,28,29,30). The number of anilines is 3. The van der Waals surface area contributed by atoms with Crippen molar-refractivity contribution in [2.45, 2.75) is 57.1 Å². The molecule has 0 aliphatic heterocycles. The van der Waals surface area contributed by atoms with Gasteiger partial charge in [-0.25, -0.2) is 23.7 Å². The summed E-state index contributed by atoms with van der Waals surface area (Å²) >= 11 is 0. The highest BCUT2D eigenvalue weighted by molar-refractivity contribution is 5.99. The molecule has 1 saturated carbocycles. The smallest absolute Gasteiger partial charge is 0.255 e. The number of pyridine rings is 1. The van der Waals surface area contributed by atoms with E-state index in [1.165, 1.54) is 32.4 Å². The van der Waals surface area contributed by atoms with E-state index in [4.69, 9.17) is 5.26 Å². The SMILES string of the molecule is CC(C)(O)C(F)CNC(=O)c1cnc(Nc2ncc(C#N)cn2)cc1NC1CCC(F)C1. The molecular formula is C21H25F2N7O2. The maximum Gasteiger partial charge on any atom is 0.255 e. The summed E-state index contributed by atoms with van der Waals surface area (Å²) in [4.78, 5) is 24.9. The van der Waals surface area contributed by atoms with Gasteiger partial charge in [0.2, 0.25) is 5.95 Å². The molecule has 11 heteroatoms. The summed E-state index contributed by atoms with van der Waals surface area (Å²) in [5.41, 5.74) is -0.744. The number of nitrogens with one attached hydrogen (secondary N) is 3. The van der Waals surface area contributed by atoms with E-state index in [9.17, 15) is 18.7 Å². The Morgan fingerprint density at radius 3 is 2.62 bits per heavy atom. The average Bonchev–Trinajstić information content (AvgIpc) is 3.16. The number of aromatic nitrogens is 3. The molecule has 0 bridgehead atoms. The number of aliphatic hydroxyl groups is 1. The van der Waals surface area contributed by atoms with Crippen LogP contribution in [0.25, 0.3) is 0 Å². The number of amides is 1. The van der Waals surface area contributed by atoms with Crippen LogP contribution in [0.2, 0.25) is 0 Å². The summed E-state index contributed by atoms with van der Waals surface area (Å²) in [6.45, 7) is 2.26. The minimum Gasteiger partial charge on any atom is -0.387 e. The molecule has 2 aromatic rings. The molecule has 3 atom stereocenters. The van der Waals surface area contributed by atoms with Crippen molar-refractivity contribution in [3.05, 3.63) is 35.8 Å². The fraction of sp³-hybridized carbons (Fsp3) is 0.476. The van der Waals surface area contributed by atoms with Crippen molar-refractivity contribution < 1.29 is 18.7 Å². The minimum atomic E-state index is -1.66. The van der Waals surface area contributed by atoms with Gasteiger partial charge >= 0.3 is 0 Å². The molecule has 0 aromatic carbocycles. The van der Waals surface area contributed by atoms with Gasteiger partial charge in [0.1, 0.15) is 24.2 Å². The highest BCUT2D eigenvalue weighted by atomic mass is 19.1. The molecule has 1 fully saturated rings. The summed E-state index contributed by atoms with van der Waals surface area (Å²) in [7, 11) is 0. The molecule has 0 saturated heterocycles. The second-order valence-electron chi connectivity index (χ2n) is 8.23. The monoisotopic (exact) mass is 445 g/mol. The predicted octanol–water partition coefficient (Wildman–Crippen LogP) is 2.63. The molecule has 3 rings (SSSR count). The summed E-state index contributed by atoms with van der Waals surface area (Å²) < 4.78 is 27.7. The van der Waals surface area contributed by atoms with Crippen LogP contribution >= 0.6 is 0 Å². The van der Waals surface area contributed by atoms with Crippen LogP contribution in [-0.4, -0.2) is 56.5 Å². The fourth-order valence-electron chi connectivity index (χ4n) is 3.19. The topological polar surface area (TPSA) is 136 Å². The largest absolute Gasteiger partial charge is 0.387 e. The van der Waals surface area contributed by atoms with Crippen LogP contribution in [-0.2, 0) is 0 Å². The third-order valence-corrected chi connectivity index (χ3v) is 5.11. The van der Waals surface area contributed by atoms with E-state index in [0.29, 0.717) is 36.3 Å². The summed E-state index contributed by atoms with van der Waals surface area (Å²) in [6, 6.07) is 3.32. The van der Waals surface area contributed by atoms with Crippen LogP contribution in [0.4, 0.5) is 26.2 Å². The molecule has 1 amide bonds. The minimum absolute atomic E-state index is 0.154. The molecule has 2 heterocycles. The Bertz CT molecular complexity index is 989. The number of nitrogens with zero attached hydrogens (tertiary/aromatic N) is 4. The zero-order chi connectivity index (χ0) is 23.3. The third kappa shape index (κ3) is 6.07. The number of alkyl halides is 2. The Balaban J connectivity index is 1.79. The number of carbonyl (C=O) groups is 1. The van der Waals surface area contributed by atoms with Gasteiger partial charge in [0.05, 0.1) is 41.4 Å². The van der Waals surface area contributed by atoms with Crippen molar-refractivity contribution in [2.24, 2.45) is 0 Å². The average molecular weight is 445 g/mol. The van der Waals surface area contributed by atoms with Crippen LogP contribution in [0.1, 0.15) is 49.0 Å². The van der Waals surface area contributed by atoms with Gasteiger partial charge in [-0.2, -0.15) is 5.26 Å². The Morgan fingerprint density at radius 1 is 1.31 bits per heavy atom. The van der Waals surface area contributed by atoms with Crippen molar-refractivity contribution in [3.8, 4) is 6.07 Å². The number of carbonyl (C=O) groups excluding carboxylic acids is 1. The van der Waals surface area contributed by atoms with Crippen molar-refractivity contribution in [3.63, 3.8) is 0 Å². The van der Waals surface area contributed by atoms with Gasteiger partial charge < -0.3 is 21.1 Å². The molecular weight excluding hydrogens is 420 g/mol. The molecule has 32 heavy (non-hydrogen) atoms. The van der Waals surface area contributed by atoms with E-state index in [2.05, 4.69) is 30.9 Å². The second-order valence-corrected chi connectivity index (χ2v) is 8.23. The van der Waals surface area contributed by atoms with E-state index >= 15 is 0 Å². The molecule has 9 nitrogen and oxygen atoms in total. The Morgan fingerprint density at radius 2 is 2.03 bits per heavy atom. The Hall–Kier alpha value is -3.39. The van der Waals surface area contributed by atoms with Gasteiger partial charge in [-0.3, -0.25) is 4.79 Å². The number of hydrogen-bond acceptors (Lipinski definition) is 8. The fourth-order valence-corrected chi connectivity index (χ4v) is 3.19. The first kappa shape index (κ1) is 23.3. The molecule has 3 unspecified atom stereocenters. The van der Waals surface area contributed by atoms with Gasteiger partial charge in [-0.15, -0.1) is 0 Å².